The number of amides is 1. The molecule has 0 fully saturated rings. The van der Waals surface area contributed by atoms with Gasteiger partial charge in [0, 0.05) is 11.3 Å². The third-order valence-electron chi connectivity index (χ3n) is 4.63. The number of rotatable bonds is 3. The van der Waals surface area contributed by atoms with E-state index in [0.29, 0.717) is 44.8 Å². The zero-order valence-electron chi connectivity index (χ0n) is 15.4. The van der Waals surface area contributed by atoms with E-state index in [-0.39, 0.29) is 12.7 Å². The number of fused-ring (bicyclic) bond motifs is 2. The van der Waals surface area contributed by atoms with Gasteiger partial charge in [-0.2, -0.15) is 0 Å². The van der Waals surface area contributed by atoms with E-state index in [4.69, 9.17) is 25.5 Å². The summed E-state index contributed by atoms with van der Waals surface area (Å²) in [6, 6.07) is 16.0. The van der Waals surface area contributed by atoms with Crippen LogP contribution in [0.3, 0.4) is 0 Å². The van der Waals surface area contributed by atoms with Gasteiger partial charge in [-0.1, -0.05) is 17.7 Å². The number of aryl methyl sites for hydroxylation is 1. The minimum atomic E-state index is -0.273. The number of ether oxygens (including phenoxy) is 2. The topological polar surface area (TPSA) is 73.6 Å². The summed E-state index contributed by atoms with van der Waals surface area (Å²) in [5.41, 5.74) is 4.15. The quantitative estimate of drug-likeness (QED) is 0.490. The van der Waals surface area contributed by atoms with E-state index in [1.165, 1.54) is 0 Å². The van der Waals surface area contributed by atoms with Crippen LogP contribution in [0.4, 0.5) is 5.69 Å². The van der Waals surface area contributed by atoms with Crippen LogP contribution in [0, 0.1) is 6.92 Å². The van der Waals surface area contributed by atoms with E-state index < -0.39 is 0 Å². The van der Waals surface area contributed by atoms with Gasteiger partial charge < -0.3 is 19.2 Å². The Hall–Kier alpha value is -3.51. The lowest BCUT2D eigenvalue weighted by atomic mass is 10.1. The second-order valence-electron chi connectivity index (χ2n) is 6.71. The predicted octanol–water partition coefficient (Wildman–Crippen LogP) is 5.44. The molecule has 0 atom stereocenters. The van der Waals surface area contributed by atoms with Crippen LogP contribution in [0.2, 0.25) is 5.02 Å². The van der Waals surface area contributed by atoms with E-state index >= 15 is 0 Å². The summed E-state index contributed by atoms with van der Waals surface area (Å²) in [6.07, 6.45) is 0. The number of carbonyl (C=O) groups excluding carboxylic acids is 1. The van der Waals surface area contributed by atoms with Crippen LogP contribution < -0.4 is 14.8 Å². The Morgan fingerprint density at radius 2 is 1.90 bits per heavy atom. The summed E-state index contributed by atoms with van der Waals surface area (Å²) in [5.74, 6) is 1.30. The van der Waals surface area contributed by atoms with Crippen LogP contribution in [0.5, 0.6) is 11.5 Å². The van der Waals surface area contributed by atoms with Gasteiger partial charge in [-0.3, -0.25) is 4.79 Å². The van der Waals surface area contributed by atoms with Crippen molar-refractivity contribution in [2.45, 2.75) is 6.92 Å². The third-order valence-corrected chi connectivity index (χ3v) is 4.96. The standard InChI is InChI=1S/C22H15ClN2O4/c1-12-2-6-17-19(8-12)29-22(25-17)15-10-14(4-5-16(15)23)24-21(26)13-3-7-18-20(9-13)28-11-27-18/h2-10H,11H2,1H3,(H,24,26). The average Bonchev–Trinajstić information content (AvgIpc) is 3.34. The highest BCUT2D eigenvalue weighted by molar-refractivity contribution is 6.33. The molecule has 1 aliphatic heterocycles. The number of hydrogen-bond donors (Lipinski definition) is 1. The highest BCUT2D eigenvalue weighted by Gasteiger charge is 2.17. The van der Waals surface area contributed by atoms with Crippen LogP contribution in [0.25, 0.3) is 22.6 Å². The molecule has 0 spiro atoms. The predicted molar refractivity (Wildman–Crippen MR) is 110 cm³/mol. The van der Waals surface area contributed by atoms with Gasteiger partial charge in [-0.25, -0.2) is 4.98 Å². The van der Waals surface area contributed by atoms with E-state index in [1.54, 1.807) is 36.4 Å². The number of oxazole rings is 1. The van der Waals surface area contributed by atoms with Crippen LogP contribution in [0.1, 0.15) is 15.9 Å². The molecule has 2 heterocycles. The number of benzene rings is 3. The second kappa shape index (κ2) is 6.83. The smallest absolute Gasteiger partial charge is 0.255 e. The number of halogens is 1. The molecule has 0 radical (unpaired) electrons. The van der Waals surface area contributed by atoms with Crippen molar-refractivity contribution < 1.29 is 18.7 Å². The van der Waals surface area contributed by atoms with Crippen LogP contribution in [-0.4, -0.2) is 17.7 Å². The van der Waals surface area contributed by atoms with Crippen molar-refractivity contribution in [3.8, 4) is 23.0 Å². The van der Waals surface area contributed by atoms with Crippen molar-refractivity contribution in [1.82, 2.24) is 4.98 Å². The number of hydrogen-bond acceptors (Lipinski definition) is 5. The lowest BCUT2D eigenvalue weighted by molar-refractivity contribution is 0.102. The Bertz CT molecular complexity index is 1270. The first-order valence-electron chi connectivity index (χ1n) is 8.95. The summed E-state index contributed by atoms with van der Waals surface area (Å²) in [5, 5.41) is 3.35. The average molecular weight is 407 g/mol. The Morgan fingerprint density at radius 1 is 1.03 bits per heavy atom. The molecule has 0 bridgehead atoms. The molecule has 1 N–H and O–H groups in total. The van der Waals surface area contributed by atoms with Gasteiger partial charge in [-0.05, 0) is 61.0 Å². The molecule has 144 valence electrons. The summed E-state index contributed by atoms with van der Waals surface area (Å²) in [4.78, 5) is 17.2. The van der Waals surface area contributed by atoms with Crippen molar-refractivity contribution in [2.75, 3.05) is 12.1 Å². The molecule has 29 heavy (non-hydrogen) atoms. The van der Waals surface area contributed by atoms with Gasteiger partial charge in [0.2, 0.25) is 12.7 Å². The van der Waals surface area contributed by atoms with Crippen LogP contribution in [-0.2, 0) is 0 Å². The Labute approximate surface area is 171 Å². The van der Waals surface area contributed by atoms with Crippen molar-refractivity contribution >= 4 is 34.3 Å². The van der Waals surface area contributed by atoms with Gasteiger partial charge in [0.1, 0.15) is 5.52 Å². The number of nitrogens with one attached hydrogen (secondary N) is 1. The SMILES string of the molecule is Cc1ccc2nc(-c3cc(NC(=O)c4ccc5c(c4)OCO5)ccc3Cl)oc2c1. The molecular weight excluding hydrogens is 392 g/mol. The van der Waals surface area contributed by atoms with Gasteiger partial charge in [0.05, 0.1) is 10.6 Å². The molecule has 0 aliphatic carbocycles. The van der Waals surface area contributed by atoms with Gasteiger partial charge >= 0.3 is 0 Å². The molecule has 7 heteroatoms. The maximum Gasteiger partial charge on any atom is 0.255 e. The maximum atomic E-state index is 12.6. The minimum Gasteiger partial charge on any atom is -0.454 e. The fourth-order valence-corrected chi connectivity index (χ4v) is 3.35. The third kappa shape index (κ3) is 3.28. The number of carbonyl (C=O) groups is 1. The highest BCUT2D eigenvalue weighted by Crippen LogP contribution is 2.34. The number of nitrogens with zero attached hydrogens (tertiary/aromatic N) is 1. The summed E-state index contributed by atoms with van der Waals surface area (Å²) in [6.45, 7) is 2.14. The van der Waals surface area contributed by atoms with E-state index in [1.807, 2.05) is 25.1 Å². The molecule has 4 aromatic rings. The van der Waals surface area contributed by atoms with Crippen molar-refractivity contribution in [3.05, 3.63) is 70.7 Å². The molecule has 1 amide bonds. The Morgan fingerprint density at radius 3 is 2.79 bits per heavy atom. The molecule has 1 aliphatic rings. The fourth-order valence-electron chi connectivity index (χ4n) is 3.16. The maximum absolute atomic E-state index is 12.6. The van der Waals surface area contributed by atoms with Crippen molar-refractivity contribution in [2.24, 2.45) is 0 Å². The largest absolute Gasteiger partial charge is 0.454 e. The first kappa shape index (κ1) is 17.6. The Kier molecular flexibility index (Phi) is 4.14. The zero-order chi connectivity index (χ0) is 20.0. The summed E-state index contributed by atoms with van der Waals surface area (Å²) >= 11 is 6.36. The van der Waals surface area contributed by atoms with Gasteiger partial charge in [0.15, 0.2) is 17.1 Å². The molecule has 0 saturated carbocycles. The van der Waals surface area contributed by atoms with E-state index in [9.17, 15) is 4.79 Å². The van der Waals surface area contributed by atoms with E-state index in [2.05, 4.69) is 10.3 Å². The number of anilines is 1. The molecule has 0 saturated heterocycles. The molecule has 1 aromatic heterocycles. The first-order valence-corrected chi connectivity index (χ1v) is 9.33. The van der Waals surface area contributed by atoms with Crippen molar-refractivity contribution in [1.29, 1.82) is 0 Å². The minimum absolute atomic E-state index is 0.158. The molecule has 0 unspecified atom stereocenters. The first-order chi connectivity index (χ1) is 14.1. The van der Waals surface area contributed by atoms with Crippen molar-refractivity contribution in [3.63, 3.8) is 0 Å². The number of aromatic nitrogens is 1. The van der Waals surface area contributed by atoms with Gasteiger partial charge in [-0.15, -0.1) is 0 Å². The van der Waals surface area contributed by atoms with Crippen LogP contribution >= 0.6 is 11.6 Å². The second-order valence-corrected chi connectivity index (χ2v) is 7.11. The summed E-state index contributed by atoms with van der Waals surface area (Å²) in [7, 11) is 0. The lowest BCUT2D eigenvalue weighted by Crippen LogP contribution is -2.11. The monoisotopic (exact) mass is 406 g/mol. The molecule has 6 nitrogen and oxygen atoms in total. The van der Waals surface area contributed by atoms with Gasteiger partial charge in [0.25, 0.3) is 5.91 Å². The molecular formula is C22H15ClN2O4. The zero-order valence-corrected chi connectivity index (χ0v) is 16.1. The molecule has 3 aromatic carbocycles. The fraction of sp³-hybridized carbons (Fsp3) is 0.0909. The Balaban J connectivity index is 1.45. The summed E-state index contributed by atoms with van der Waals surface area (Å²) < 4.78 is 16.5. The molecule has 5 rings (SSSR count). The van der Waals surface area contributed by atoms with E-state index in [0.717, 1.165) is 11.1 Å². The lowest BCUT2D eigenvalue weighted by Gasteiger charge is -2.08. The highest BCUT2D eigenvalue weighted by atomic mass is 35.5. The normalized spacial score (nSPS) is 12.3. The van der Waals surface area contributed by atoms with Crippen LogP contribution in [0.15, 0.2) is 59.0 Å².